The summed E-state index contributed by atoms with van der Waals surface area (Å²) in [5.41, 5.74) is 0. The van der Waals surface area contributed by atoms with Crippen molar-refractivity contribution in [2.45, 2.75) is 26.7 Å². The molecule has 0 amide bonds. The Labute approximate surface area is 64.6 Å². The molecule has 11 heavy (non-hydrogen) atoms. The van der Waals surface area contributed by atoms with Crippen molar-refractivity contribution in [2.24, 2.45) is 0 Å². The van der Waals surface area contributed by atoms with E-state index in [1.165, 1.54) is 6.92 Å². The van der Waals surface area contributed by atoms with Gasteiger partial charge in [0, 0.05) is 6.42 Å². The number of carbonyl (C=O) groups excluding carboxylic acids is 1. The third-order valence-electron chi connectivity index (χ3n) is 1.23. The van der Waals surface area contributed by atoms with E-state index < -0.39 is 0 Å². The van der Waals surface area contributed by atoms with E-state index in [2.05, 4.69) is 10.1 Å². The van der Waals surface area contributed by atoms with Gasteiger partial charge in [-0.2, -0.15) is 4.98 Å². The van der Waals surface area contributed by atoms with Gasteiger partial charge in [0.1, 0.15) is 5.78 Å². The Morgan fingerprint density at radius 1 is 1.64 bits per heavy atom. The molecule has 0 aromatic carbocycles. The quantitative estimate of drug-likeness (QED) is 0.645. The molecule has 0 aliphatic rings. The summed E-state index contributed by atoms with van der Waals surface area (Å²) in [4.78, 5) is 14.6. The van der Waals surface area contributed by atoms with Crippen LogP contribution in [0, 0.1) is 0 Å². The van der Waals surface area contributed by atoms with Crippen LogP contribution in [0.15, 0.2) is 4.52 Å². The lowest BCUT2D eigenvalue weighted by Crippen LogP contribution is -1.96. The van der Waals surface area contributed by atoms with E-state index in [4.69, 9.17) is 4.52 Å². The van der Waals surface area contributed by atoms with Crippen molar-refractivity contribution >= 4 is 5.78 Å². The maximum atomic E-state index is 10.6. The van der Waals surface area contributed by atoms with Gasteiger partial charge in [0.25, 0.3) is 0 Å². The highest BCUT2D eigenvalue weighted by Gasteiger charge is 2.05. The van der Waals surface area contributed by atoms with E-state index in [1.54, 1.807) is 0 Å². The molecule has 60 valence electrons. The van der Waals surface area contributed by atoms with Crippen LogP contribution in [-0.4, -0.2) is 15.9 Å². The SMILES string of the molecule is CCc1noc(CC(C)=O)n1. The molecule has 0 N–H and O–H groups in total. The molecule has 0 radical (unpaired) electrons. The van der Waals surface area contributed by atoms with Crippen molar-refractivity contribution in [2.75, 3.05) is 0 Å². The van der Waals surface area contributed by atoms with Crippen LogP contribution in [0.2, 0.25) is 0 Å². The second-order valence-electron chi connectivity index (χ2n) is 2.34. The molecule has 0 saturated heterocycles. The third kappa shape index (κ3) is 2.14. The zero-order chi connectivity index (χ0) is 8.27. The molecule has 4 nitrogen and oxygen atoms in total. The van der Waals surface area contributed by atoms with Crippen molar-refractivity contribution in [1.29, 1.82) is 0 Å². The molecule has 1 aromatic heterocycles. The summed E-state index contributed by atoms with van der Waals surface area (Å²) in [6.07, 6.45) is 0.981. The summed E-state index contributed by atoms with van der Waals surface area (Å²) in [6.45, 7) is 3.43. The van der Waals surface area contributed by atoms with Gasteiger partial charge < -0.3 is 4.52 Å². The molecule has 0 saturated carbocycles. The molecule has 0 fully saturated rings. The smallest absolute Gasteiger partial charge is 0.234 e. The van der Waals surface area contributed by atoms with Gasteiger partial charge in [0.05, 0.1) is 6.42 Å². The van der Waals surface area contributed by atoms with Gasteiger partial charge in [-0.25, -0.2) is 0 Å². The first kappa shape index (κ1) is 7.91. The van der Waals surface area contributed by atoms with Crippen molar-refractivity contribution < 1.29 is 9.32 Å². The van der Waals surface area contributed by atoms with Crippen LogP contribution >= 0.6 is 0 Å². The predicted octanol–water partition coefficient (Wildman–Crippen LogP) is 0.763. The van der Waals surface area contributed by atoms with E-state index in [1.807, 2.05) is 6.92 Å². The highest BCUT2D eigenvalue weighted by molar-refractivity contribution is 5.77. The highest BCUT2D eigenvalue weighted by Crippen LogP contribution is 1.98. The van der Waals surface area contributed by atoms with Gasteiger partial charge in [-0.15, -0.1) is 0 Å². The van der Waals surface area contributed by atoms with Gasteiger partial charge in [0.2, 0.25) is 5.89 Å². The van der Waals surface area contributed by atoms with Crippen LogP contribution in [0.4, 0.5) is 0 Å². The molecule has 0 unspecified atom stereocenters. The van der Waals surface area contributed by atoms with Crippen LogP contribution in [0.5, 0.6) is 0 Å². The Kier molecular flexibility index (Phi) is 2.36. The van der Waals surface area contributed by atoms with Gasteiger partial charge in [-0.05, 0) is 6.92 Å². The minimum atomic E-state index is 0.0382. The number of Topliss-reactive ketones (excluding diaryl/α,β-unsaturated/α-hetero) is 1. The van der Waals surface area contributed by atoms with Gasteiger partial charge in [-0.3, -0.25) is 4.79 Å². The number of aryl methyl sites for hydroxylation is 1. The van der Waals surface area contributed by atoms with Crippen LogP contribution in [0.3, 0.4) is 0 Å². The van der Waals surface area contributed by atoms with E-state index >= 15 is 0 Å². The lowest BCUT2D eigenvalue weighted by Gasteiger charge is -1.83. The van der Waals surface area contributed by atoms with Crippen molar-refractivity contribution in [3.63, 3.8) is 0 Å². The Morgan fingerprint density at radius 2 is 2.36 bits per heavy atom. The maximum absolute atomic E-state index is 10.6. The number of carbonyl (C=O) groups is 1. The average molecular weight is 154 g/mol. The van der Waals surface area contributed by atoms with Crippen molar-refractivity contribution in [3.05, 3.63) is 11.7 Å². The second kappa shape index (κ2) is 3.27. The van der Waals surface area contributed by atoms with Crippen LogP contribution in [0.1, 0.15) is 25.6 Å². The molecule has 4 heteroatoms. The fourth-order valence-electron chi connectivity index (χ4n) is 0.719. The monoisotopic (exact) mass is 154 g/mol. The molecule has 0 atom stereocenters. The topological polar surface area (TPSA) is 56.0 Å². The summed E-state index contributed by atoms with van der Waals surface area (Å²) in [5, 5.41) is 3.65. The first-order valence-corrected chi connectivity index (χ1v) is 3.53. The molecule has 1 heterocycles. The van der Waals surface area contributed by atoms with Gasteiger partial charge >= 0.3 is 0 Å². The zero-order valence-electron chi connectivity index (χ0n) is 6.63. The number of hydrogen-bond acceptors (Lipinski definition) is 4. The lowest BCUT2D eigenvalue weighted by atomic mass is 10.3. The Morgan fingerprint density at radius 3 is 2.82 bits per heavy atom. The molecule has 0 aliphatic heterocycles. The number of ketones is 1. The Balaban J connectivity index is 2.65. The Bertz CT molecular complexity index is 255. The molecular formula is C7H10N2O2. The maximum Gasteiger partial charge on any atom is 0.234 e. The number of aromatic nitrogens is 2. The molecule has 1 rings (SSSR count). The predicted molar refractivity (Wildman–Crippen MR) is 38.1 cm³/mol. The molecule has 0 bridgehead atoms. The van der Waals surface area contributed by atoms with E-state index in [0.29, 0.717) is 11.7 Å². The van der Waals surface area contributed by atoms with E-state index in [-0.39, 0.29) is 12.2 Å². The van der Waals surface area contributed by atoms with Crippen LogP contribution in [-0.2, 0) is 17.6 Å². The second-order valence-corrected chi connectivity index (χ2v) is 2.34. The first-order valence-electron chi connectivity index (χ1n) is 3.53. The fraction of sp³-hybridized carbons (Fsp3) is 0.571. The number of nitrogens with zero attached hydrogens (tertiary/aromatic N) is 2. The lowest BCUT2D eigenvalue weighted by molar-refractivity contribution is -0.116. The minimum absolute atomic E-state index is 0.0382. The molecule has 0 spiro atoms. The molecular weight excluding hydrogens is 144 g/mol. The minimum Gasteiger partial charge on any atom is -0.339 e. The van der Waals surface area contributed by atoms with Gasteiger partial charge in [0.15, 0.2) is 5.82 Å². The van der Waals surface area contributed by atoms with E-state index in [9.17, 15) is 4.79 Å². The summed E-state index contributed by atoms with van der Waals surface area (Å²) in [5.74, 6) is 1.10. The number of rotatable bonds is 3. The highest BCUT2D eigenvalue weighted by atomic mass is 16.5. The summed E-state index contributed by atoms with van der Waals surface area (Å²) >= 11 is 0. The van der Waals surface area contributed by atoms with Crippen LogP contribution in [0.25, 0.3) is 0 Å². The van der Waals surface area contributed by atoms with Crippen LogP contribution < -0.4 is 0 Å². The first-order chi connectivity index (χ1) is 5.22. The van der Waals surface area contributed by atoms with Gasteiger partial charge in [-0.1, -0.05) is 12.1 Å². The van der Waals surface area contributed by atoms with E-state index in [0.717, 1.165) is 6.42 Å². The molecule has 0 aliphatic carbocycles. The standard InChI is InChI=1S/C7H10N2O2/c1-3-6-8-7(11-9-6)4-5(2)10/h3-4H2,1-2H3. The summed E-state index contributed by atoms with van der Waals surface area (Å²) in [7, 11) is 0. The average Bonchev–Trinajstić information content (AvgIpc) is 2.34. The summed E-state index contributed by atoms with van der Waals surface area (Å²) < 4.78 is 4.78. The van der Waals surface area contributed by atoms with Crippen molar-refractivity contribution in [1.82, 2.24) is 10.1 Å². The zero-order valence-corrected chi connectivity index (χ0v) is 6.63. The largest absolute Gasteiger partial charge is 0.339 e. The molecule has 1 aromatic rings. The fourth-order valence-corrected chi connectivity index (χ4v) is 0.719. The normalized spacial score (nSPS) is 10.0. The third-order valence-corrected chi connectivity index (χ3v) is 1.23. The summed E-state index contributed by atoms with van der Waals surface area (Å²) in [6, 6.07) is 0. The number of hydrogen-bond donors (Lipinski definition) is 0. The van der Waals surface area contributed by atoms with Crippen molar-refractivity contribution in [3.8, 4) is 0 Å². The Hall–Kier alpha value is -1.19.